The molecule has 1 saturated heterocycles. The molecule has 1 aliphatic carbocycles. The first-order valence-corrected chi connectivity index (χ1v) is 11.5. The van der Waals surface area contributed by atoms with E-state index in [1.54, 1.807) is 7.11 Å². The number of nitrogens with zero attached hydrogens (tertiary/aromatic N) is 5. The molecule has 8 nitrogen and oxygen atoms in total. The fourth-order valence-electron chi connectivity index (χ4n) is 5.17. The molecule has 0 radical (unpaired) electrons. The molecule has 8 heteroatoms. The lowest BCUT2D eigenvalue weighted by Gasteiger charge is -2.34. The van der Waals surface area contributed by atoms with E-state index in [4.69, 9.17) is 4.74 Å². The molecule has 31 heavy (non-hydrogen) atoms. The van der Waals surface area contributed by atoms with Gasteiger partial charge in [-0.15, -0.1) is 5.10 Å². The van der Waals surface area contributed by atoms with Crippen molar-refractivity contribution in [1.82, 2.24) is 30.1 Å². The Bertz CT molecular complexity index is 1090. The van der Waals surface area contributed by atoms with Crippen molar-refractivity contribution < 1.29 is 4.74 Å². The topological polar surface area (TPSA) is 88.9 Å². The Balaban J connectivity index is 1.63. The molecule has 0 amide bonds. The van der Waals surface area contributed by atoms with Crippen molar-refractivity contribution in [3.05, 3.63) is 46.0 Å². The van der Waals surface area contributed by atoms with Gasteiger partial charge in [-0.3, -0.25) is 9.69 Å². The number of tetrazole rings is 1. The molecule has 1 aliphatic heterocycles. The maximum Gasteiger partial charge on any atom is 0.253 e. The first-order valence-electron chi connectivity index (χ1n) is 11.5. The number of benzene rings is 1. The zero-order valence-corrected chi connectivity index (χ0v) is 18.1. The van der Waals surface area contributed by atoms with Crippen LogP contribution in [0.3, 0.4) is 0 Å². The Morgan fingerprint density at radius 3 is 2.61 bits per heavy atom. The summed E-state index contributed by atoms with van der Waals surface area (Å²) in [5.41, 5.74) is 1.43. The third-order valence-corrected chi connectivity index (χ3v) is 6.81. The van der Waals surface area contributed by atoms with Crippen LogP contribution < -0.4 is 10.3 Å². The number of nitrogens with one attached hydrogen (secondary N) is 1. The minimum atomic E-state index is -0.253. The van der Waals surface area contributed by atoms with E-state index in [1.165, 1.54) is 25.7 Å². The highest BCUT2D eigenvalue weighted by Gasteiger charge is 2.33. The van der Waals surface area contributed by atoms with E-state index in [0.29, 0.717) is 11.6 Å². The smallest absolute Gasteiger partial charge is 0.253 e. The molecule has 2 aliphatic rings. The largest absolute Gasteiger partial charge is 0.497 e. The van der Waals surface area contributed by atoms with E-state index >= 15 is 0 Å². The number of likely N-dealkylation sites (tertiary alicyclic amines) is 1. The van der Waals surface area contributed by atoms with Gasteiger partial charge in [-0.05, 0) is 73.5 Å². The molecule has 2 aromatic heterocycles. The molecule has 1 saturated carbocycles. The van der Waals surface area contributed by atoms with Gasteiger partial charge in [0.15, 0.2) is 5.82 Å². The Kier molecular flexibility index (Phi) is 5.72. The summed E-state index contributed by atoms with van der Waals surface area (Å²) in [6.07, 6.45) is 9.34. The molecule has 2 fully saturated rings. The van der Waals surface area contributed by atoms with Crippen LogP contribution >= 0.6 is 0 Å². The van der Waals surface area contributed by atoms with Crippen LogP contribution in [0.25, 0.3) is 10.9 Å². The molecule has 0 spiro atoms. The van der Waals surface area contributed by atoms with E-state index in [-0.39, 0.29) is 11.6 Å². The fourth-order valence-corrected chi connectivity index (χ4v) is 5.17. The minimum absolute atomic E-state index is 0.0774. The summed E-state index contributed by atoms with van der Waals surface area (Å²) < 4.78 is 7.41. The van der Waals surface area contributed by atoms with Gasteiger partial charge >= 0.3 is 0 Å². The predicted molar refractivity (Wildman–Crippen MR) is 118 cm³/mol. The van der Waals surface area contributed by atoms with Crippen LogP contribution in [0.4, 0.5) is 0 Å². The highest BCUT2D eigenvalue weighted by atomic mass is 16.5. The van der Waals surface area contributed by atoms with Crippen LogP contribution in [-0.4, -0.2) is 50.3 Å². The molecule has 0 bridgehead atoms. The maximum absolute atomic E-state index is 13.3. The Hall–Kier alpha value is -2.74. The van der Waals surface area contributed by atoms with Crippen molar-refractivity contribution in [3.8, 4) is 5.75 Å². The first kappa shape index (κ1) is 20.2. The van der Waals surface area contributed by atoms with Gasteiger partial charge < -0.3 is 9.72 Å². The Morgan fingerprint density at radius 2 is 1.84 bits per heavy atom. The van der Waals surface area contributed by atoms with E-state index in [1.807, 2.05) is 28.9 Å². The molecule has 3 aromatic rings. The monoisotopic (exact) mass is 422 g/mol. The van der Waals surface area contributed by atoms with Gasteiger partial charge in [-0.2, -0.15) is 0 Å². The SMILES string of the molecule is COc1ccc2[nH]c(=O)c(C(c3nnnn3C3CCCCC3)N3CCCCC3)cc2c1. The van der Waals surface area contributed by atoms with Crippen molar-refractivity contribution in [3.63, 3.8) is 0 Å². The summed E-state index contributed by atoms with van der Waals surface area (Å²) in [5.74, 6) is 1.56. The van der Waals surface area contributed by atoms with Crippen LogP contribution in [0.1, 0.15) is 74.8 Å². The first-order chi connectivity index (χ1) is 15.2. The van der Waals surface area contributed by atoms with Crippen molar-refractivity contribution >= 4 is 10.9 Å². The Labute approximate surface area is 181 Å². The third kappa shape index (κ3) is 3.96. The highest BCUT2D eigenvalue weighted by Crippen LogP contribution is 2.34. The lowest BCUT2D eigenvalue weighted by atomic mass is 9.94. The number of hydrogen-bond donors (Lipinski definition) is 1. The number of piperidine rings is 1. The van der Waals surface area contributed by atoms with Gasteiger partial charge in [-0.1, -0.05) is 25.7 Å². The fraction of sp³-hybridized carbons (Fsp3) is 0.565. The number of ether oxygens (including phenoxy) is 1. The summed E-state index contributed by atoms with van der Waals surface area (Å²) in [4.78, 5) is 18.7. The number of aromatic nitrogens is 5. The second kappa shape index (κ2) is 8.78. The minimum Gasteiger partial charge on any atom is -0.497 e. The predicted octanol–water partition coefficient (Wildman–Crippen LogP) is 3.60. The average Bonchev–Trinajstić information content (AvgIpc) is 3.30. The van der Waals surface area contributed by atoms with Gasteiger partial charge in [0.2, 0.25) is 0 Å². The summed E-state index contributed by atoms with van der Waals surface area (Å²) in [6, 6.07) is 7.77. The maximum atomic E-state index is 13.3. The number of rotatable bonds is 5. The van der Waals surface area contributed by atoms with E-state index in [9.17, 15) is 4.79 Å². The number of fused-ring (bicyclic) bond motifs is 1. The van der Waals surface area contributed by atoms with Crippen LogP contribution in [0, 0.1) is 0 Å². The van der Waals surface area contributed by atoms with E-state index in [2.05, 4.69) is 25.4 Å². The quantitative estimate of drug-likeness (QED) is 0.676. The average molecular weight is 423 g/mol. The molecule has 1 aromatic carbocycles. The number of hydrogen-bond acceptors (Lipinski definition) is 6. The molecular weight excluding hydrogens is 392 g/mol. The van der Waals surface area contributed by atoms with Gasteiger partial charge in [0.25, 0.3) is 5.56 Å². The van der Waals surface area contributed by atoms with Crippen LogP contribution in [0.15, 0.2) is 29.1 Å². The zero-order valence-electron chi connectivity index (χ0n) is 18.1. The molecule has 1 unspecified atom stereocenters. The summed E-state index contributed by atoms with van der Waals surface area (Å²) in [6.45, 7) is 1.88. The van der Waals surface area contributed by atoms with Crippen molar-refractivity contribution in [1.29, 1.82) is 0 Å². The summed E-state index contributed by atoms with van der Waals surface area (Å²) in [5, 5.41) is 13.9. The number of H-pyrrole nitrogens is 1. The van der Waals surface area contributed by atoms with Crippen molar-refractivity contribution in [2.75, 3.05) is 20.2 Å². The van der Waals surface area contributed by atoms with Gasteiger partial charge in [0.1, 0.15) is 11.8 Å². The molecular formula is C23H30N6O2. The number of methoxy groups -OCH3 is 1. The molecule has 1 atom stereocenters. The van der Waals surface area contributed by atoms with Crippen LogP contribution in [-0.2, 0) is 0 Å². The van der Waals surface area contributed by atoms with Crippen LogP contribution in [0.2, 0.25) is 0 Å². The van der Waals surface area contributed by atoms with Crippen molar-refractivity contribution in [2.45, 2.75) is 63.5 Å². The third-order valence-electron chi connectivity index (χ3n) is 6.81. The normalized spacial score (nSPS) is 19.5. The van der Waals surface area contributed by atoms with Crippen LogP contribution in [0.5, 0.6) is 5.75 Å². The van der Waals surface area contributed by atoms with E-state index < -0.39 is 0 Å². The van der Waals surface area contributed by atoms with Gasteiger partial charge in [0.05, 0.1) is 13.2 Å². The lowest BCUT2D eigenvalue weighted by Crippen LogP contribution is -2.39. The van der Waals surface area contributed by atoms with Gasteiger partial charge in [-0.25, -0.2) is 4.68 Å². The zero-order chi connectivity index (χ0) is 21.2. The molecule has 5 rings (SSSR count). The van der Waals surface area contributed by atoms with E-state index in [0.717, 1.165) is 61.2 Å². The van der Waals surface area contributed by atoms with Gasteiger partial charge in [0, 0.05) is 16.5 Å². The summed E-state index contributed by atoms with van der Waals surface area (Å²) >= 11 is 0. The highest BCUT2D eigenvalue weighted by molar-refractivity contribution is 5.80. The lowest BCUT2D eigenvalue weighted by molar-refractivity contribution is 0.171. The standard InChI is InChI=1S/C23H30N6O2/c1-31-18-10-11-20-16(14-18)15-19(23(30)24-20)21(28-12-6-3-7-13-28)22-25-26-27-29(22)17-8-4-2-5-9-17/h10-11,14-15,17,21H,2-9,12-13H2,1H3,(H,24,30). The summed E-state index contributed by atoms with van der Waals surface area (Å²) in [7, 11) is 1.66. The molecule has 1 N–H and O–H groups in total. The number of pyridine rings is 1. The Morgan fingerprint density at radius 1 is 1.06 bits per heavy atom. The molecule has 164 valence electrons. The second-order valence-electron chi connectivity index (χ2n) is 8.78. The number of aromatic amines is 1. The second-order valence-corrected chi connectivity index (χ2v) is 8.78. The van der Waals surface area contributed by atoms with Crippen molar-refractivity contribution in [2.24, 2.45) is 0 Å². The molecule has 3 heterocycles.